The Hall–Kier alpha value is -1.29. The Balaban J connectivity index is 1.68. The number of carbonyl (C=O) groups excluding carboxylic acids is 2. The molecule has 1 N–H and O–H groups in total. The number of carbonyl (C=O) groups is 2. The van der Waals surface area contributed by atoms with Gasteiger partial charge in [0, 0.05) is 11.3 Å². The highest BCUT2D eigenvalue weighted by atomic mass is 19.1. The van der Waals surface area contributed by atoms with Crippen molar-refractivity contribution in [1.29, 1.82) is 0 Å². The Morgan fingerprint density at radius 3 is 2.72 bits per heavy atom. The second kappa shape index (κ2) is 5.60. The van der Waals surface area contributed by atoms with E-state index < -0.39 is 11.6 Å². The minimum atomic E-state index is -0.611. The second-order valence-electron chi connectivity index (χ2n) is 9.02. The van der Waals surface area contributed by atoms with Gasteiger partial charge in [-0.3, -0.25) is 9.59 Å². The molecule has 0 aliphatic heterocycles. The molecule has 0 spiro atoms. The van der Waals surface area contributed by atoms with Gasteiger partial charge in [-0.05, 0) is 73.8 Å². The number of fused-ring (bicyclic) bond motifs is 5. The van der Waals surface area contributed by atoms with E-state index in [0.717, 1.165) is 44.1 Å². The minimum Gasteiger partial charge on any atom is -0.389 e. The van der Waals surface area contributed by atoms with Crippen LogP contribution in [0.25, 0.3) is 0 Å². The van der Waals surface area contributed by atoms with Gasteiger partial charge in [0.05, 0.1) is 0 Å². The molecule has 4 aliphatic rings. The fourth-order valence-corrected chi connectivity index (χ4v) is 6.89. The standard InChI is InChI=1S/C21H27FO3/c1-20-8-7-15-13(14(20)5-6-16(20)19(25)11-23)4-3-12-9-18(24)17(22)10-21(12,15)2/h9-10,13-16,23H,3-8,11H2,1-2H3/t13-,14-,15-,16+,20-,21-/m0/s1. The van der Waals surface area contributed by atoms with Crippen molar-refractivity contribution in [1.82, 2.24) is 0 Å². The molecule has 0 bridgehead atoms. The van der Waals surface area contributed by atoms with Crippen LogP contribution >= 0.6 is 0 Å². The minimum absolute atomic E-state index is 0.0136. The van der Waals surface area contributed by atoms with Gasteiger partial charge in [-0.2, -0.15) is 0 Å². The molecular weight excluding hydrogens is 319 g/mol. The molecule has 4 heteroatoms. The fraction of sp³-hybridized carbons (Fsp3) is 0.714. The maximum atomic E-state index is 14.1. The van der Waals surface area contributed by atoms with E-state index in [4.69, 9.17) is 0 Å². The van der Waals surface area contributed by atoms with Crippen LogP contribution in [0.1, 0.15) is 52.4 Å². The summed E-state index contributed by atoms with van der Waals surface area (Å²) in [4.78, 5) is 24.0. The Kier molecular flexibility index (Phi) is 3.84. The van der Waals surface area contributed by atoms with E-state index in [-0.39, 0.29) is 29.1 Å². The zero-order chi connectivity index (χ0) is 18.0. The predicted octanol–water partition coefficient (Wildman–Crippen LogP) is 3.77. The smallest absolute Gasteiger partial charge is 0.213 e. The van der Waals surface area contributed by atoms with Crippen molar-refractivity contribution in [2.45, 2.75) is 52.4 Å². The van der Waals surface area contributed by atoms with Crippen LogP contribution in [-0.4, -0.2) is 23.3 Å². The molecule has 0 aromatic heterocycles. The van der Waals surface area contributed by atoms with Crippen molar-refractivity contribution in [3.63, 3.8) is 0 Å². The lowest BCUT2D eigenvalue weighted by Gasteiger charge is -2.56. The van der Waals surface area contributed by atoms with Gasteiger partial charge in [0.25, 0.3) is 0 Å². The maximum Gasteiger partial charge on any atom is 0.213 e. The Bertz CT molecular complexity index is 693. The first-order valence-corrected chi connectivity index (χ1v) is 9.58. The molecule has 0 aromatic carbocycles. The highest BCUT2D eigenvalue weighted by molar-refractivity contribution is 6.04. The maximum absolute atomic E-state index is 14.1. The van der Waals surface area contributed by atoms with Crippen LogP contribution < -0.4 is 0 Å². The monoisotopic (exact) mass is 346 g/mol. The van der Waals surface area contributed by atoms with Gasteiger partial charge < -0.3 is 5.11 Å². The topological polar surface area (TPSA) is 54.4 Å². The summed E-state index contributed by atoms with van der Waals surface area (Å²) in [5.41, 5.74) is 0.692. The molecule has 25 heavy (non-hydrogen) atoms. The third kappa shape index (κ3) is 2.26. The Morgan fingerprint density at radius 1 is 1.24 bits per heavy atom. The number of aliphatic hydroxyl groups is 1. The van der Waals surface area contributed by atoms with Crippen LogP contribution in [0, 0.1) is 34.5 Å². The summed E-state index contributed by atoms with van der Waals surface area (Å²) in [6.07, 6.45) is 8.77. The van der Waals surface area contributed by atoms with Gasteiger partial charge in [-0.15, -0.1) is 0 Å². The molecule has 0 radical (unpaired) electrons. The number of hydrogen-bond acceptors (Lipinski definition) is 3. The van der Waals surface area contributed by atoms with Crippen LogP contribution in [0.4, 0.5) is 4.39 Å². The van der Waals surface area contributed by atoms with Gasteiger partial charge in [0.2, 0.25) is 5.78 Å². The summed E-state index contributed by atoms with van der Waals surface area (Å²) >= 11 is 0. The quantitative estimate of drug-likeness (QED) is 0.828. The third-order valence-corrected chi connectivity index (χ3v) is 8.16. The van der Waals surface area contributed by atoms with Crippen LogP contribution in [0.5, 0.6) is 0 Å². The predicted molar refractivity (Wildman–Crippen MR) is 92.2 cm³/mol. The van der Waals surface area contributed by atoms with Crippen molar-refractivity contribution in [2.24, 2.45) is 34.5 Å². The zero-order valence-corrected chi connectivity index (χ0v) is 15.1. The lowest BCUT2D eigenvalue weighted by molar-refractivity contribution is -0.132. The van der Waals surface area contributed by atoms with Crippen molar-refractivity contribution in [2.75, 3.05) is 6.61 Å². The highest BCUT2D eigenvalue weighted by Gasteiger charge is 2.59. The number of Topliss-reactive ketones (excluding diaryl/α,β-unsaturated/α-hetero) is 1. The first-order chi connectivity index (χ1) is 11.8. The lowest BCUT2D eigenvalue weighted by Crippen LogP contribution is -2.50. The van der Waals surface area contributed by atoms with Gasteiger partial charge >= 0.3 is 0 Å². The van der Waals surface area contributed by atoms with Crippen LogP contribution in [0.3, 0.4) is 0 Å². The molecule has 6 atom stereocenters. The molecule has 0 amide bonds. The van der Waals surface area contributed by atoms with Crippen LogP contribution in [0.15, 0.2) is 23.6 Å². The van der Waals surface area contributed by atoms with Crippen molar-refractivity contribution >= 4 is 11.6 Å². The first-order valence-electron chi connectivity index (χ1n) is 9.58. The molecule has 4 aliphatic carbocycles. The number of hydrogen-bond donors (Lipinski definition) is 1. The molecule has 3 fully saturated rings. The van der Waals surface area contributed by atoms with Gasteiger partial charge in [-0.1, -0.05) is 19.4 Å². The van der Waals surface area contributed by atoms with Crippen molar-refractivity contribution in [3.8, 4) is 0 Å². The fourth-order valence-electron chi connectivity index (χ4n) is 6.89. The van der Waals surface area contributed by atoms with Crippen molar-refractivity contribution in [3.05, 3.63) is 23.6 Å². The molecule has 4 rings (SSSR count). The summed E-state index contributed by atoms with van der Waals surface area (Å²) < 4.78 is 14.1. The van der Waals surface area contributed by atoms with Gasteiger partial charge in [0.15, 0.2) is 11.6 Å². The number of rotatable bonds is 2. The van der Waals surface area contributed by atoms with E-state index in [9.17, 15) is 19.1 Å². The van der Waals surface area contributed by atoms with E-state index in [2.05, 4.69) is 13.8 Å². The van der Waals surface area contributed by atoms with E-state index in [1.165, 1.54) is 6.08 Å². The molecule has 0 saturated heterocycles. The summed E-state index contributed by atoms with van der Waals surface area (Å²) in [6.45, 7) is 3.96. The SMILES string of the molecule is C[C@]12CC[C@H]3[C@@H](CCC4=CC(=O)C(F)=C[C@@]43C)[C@@H]1CC[C@@H]2C(=O)CO. The largest absolute Gasteiger partial charge is 0.389 e. The molecular formula is C21H27FO3. The molecule has 3 nitrogen and oxygen atoms in total. The van der Waals surface area contributed by atoms with Gasteiger partial charge in [0.1, 0.15) is 6.61 Å². The van der Waals surface area contributed by atoms with Crippen LogP contribution in [0.2, 0.25) is 0 Å². The second-order valence-corrected chi connectivity index (χ2v) is 9.02. The average molecular weight is 346 g/mol. The van der Waals surface area contributed by atoms with Crippen LogP contribution in [-0.2, 0) is 9.59 Å². The van der Waals surface area contributed by atoms with Crippen molar-refractivity contribution < 1.29 is 19.1 Å². The van der Waals surface area contributed by atoms with E-state index >= 15 is 0 Å². The molecule has 136 valence electrons. The lowest BCUT2D eigenvalue weighted by atomic mass is 9.47. The normalized spacial score (nSPS) is 45.8. The summed E-state index contributed by atoms with van der Waals surface area (Å²) in [5, 5.41) is 9.34. The average Bonchev–Trinajstić information content (AvgIpc) is 2.93. The van der Waals surface area contributed by atoms with E-state index in [0.29, 0.717) is 17.8 Å². The number of halogens is 1. The first kappa shape index (κ1) is 17.1. The number of aliphatic hydroxyl groups excluding tert-OH is 1. The zero-order valence-electron chi connectivity index (χ0n) is 15.1. The van der Waals surface area contributed by atoms with E-state index in [1.54, 1.807) is 6.08 Å². The van der Waals surface area contributed by atoms with E-state index in [1.807, 2.05) is 0 Å². The Morgan fingerprint density at radius 2 is 2.00 bits per heavy atom. The molecule has 3 saturated carbocycles. The Labute approximate surface area is 148 Å². The summed E-state index contributed by atoms with van der Waals surface area (Å²) in [6, 6.07) is 0. The summed E-state index contributed by atoms with van der Waals surface area (Å²) in [7, 11) is 0. The molecule has 0 unspecified atom stereocenters. The third-order valence-electron chi connectivity index (χ3n) is 8.16. The van der Waals surface area contributed by atoms with Gasteiger partial charge in [-0.25, -0.2) is 4.39 Å². The molecule has 0 heterocycles. The number of ketones is 2. The summed E-state index contributed by atoms with van der Waals surface area (Å²) in [5.74, 6) is 0.121. The number of allylic oxidation sites excluding steroid dienone is 4. The molecule has 0 aromatic rings. The highest BCUT2D eigenvalue weighted by Crippen LogP contribution is 2.66.